The van der Waals surface area contributed by atoms with Crippen molar-refractivity contribution in [2.45, 2.75) is 19.8 Å². The summed E-state index contributed by atoms with van der Waals surface area (Å²) >= 11 is 3.49. The first-order valence-corrected chi connectivity index (χ1v) is 5.19. The van der Waals surface area contributed by atoms with Gasteiger partial charge in [0, 0.05) is 4.47 Å². The van der Waals surface area contributed by atoms with Gasteiger partial charge < -0.3 is 4.74 Å². The molecule has 0 bridgehead atoms. The maximum Gasteiger partial charge on any atom is 0.119 e. The topological polar surface area (TPSA) is 9.23 Å². The van der Waals surface area contributed by atoms with Crippen molar-refractivity contribution in [1.29, 1.82) is 0 Å². The standard InChI is InChI=1S/C11H14BrO/c1-4-13-9-5-6-11(12)10(7-9)8(2)3/h5-8H,2,4H2,1,3H3. The van der Waals surface area contributed by atoms with Crippen LogP contribution in [0.15, 0.2) is 22.7 Å². The molecule has 2 heteroatoms. The van der Waals surface area contributed by atoms with Gasteiger partial charge in [0.2, 0.25) is 0 Å². The minimum absolute atomic E-state index is 0.273. The maximum absolute atomic E-state index is 5.40. The summed E-state index contributed by atoms with van der Waals surface area (Å²) in [7, 11) is 0. The van der Waals surface area contributed by atoms with Crippen LogP contribution in [0.4, 0.5) is 0 Å². The largest absolute Gasteiger partial charge is 0.494 e. The van der Waals surface area contributed by atoms with Gasteiger partial charge in [-0.25, -0.2) is 0 Å². The number of benzene rings is 1. The molecule has 1 nitrogen and oxygen atoms in total. The monoisotopic (exact) mass is 241 g/mol. The van der Waals surface area contributed by atoms with Gasteiger partial charge in [-0.05, 0) is 43.5 Å². The Morgan fingerprint density at radius 2 is 2.23 bits per heavy atom. The van der Waals surface area contributed by atoms with Crippen molar-refractivity contribution in [2.75, 3.05) is 6.61 Å². The van der Waals surface area contributed by atoms with Crippen LogP contribution < -0.4 is 4.74 Å². The van der Waals surface area contributed by atoms with Gasteiger partial charge >= 0.3 is 0 Å². The first-order chi connectivity index (χ1) is 6.15. The van der Waals surface area contributed by atoms with Gasteiger partial charge in [0.05, 0.1) is 6.61 Å². The number of rotatable bonds is 3. The molecule has 0 aromatic heterocycles. The highest BCUT2D eigenvalue weighted by molar-refractivity contribution is 9.10. The Morgan fingerprint density at radius 3 is 2.77 bits per heavy atom. The molecule has 0 aliphatic carbocycles. The van der Waals surface area contributed by atoms with E-state index in [9.17, 15) is 0 Å². The molecule has 13 heavy (non-hydrogen) atoms. The Hall–Kier alpha value is -0.500. The van der Waals surface area contributed by atoms with Gasteiger partial charge in [0.1, 0.15) is 5.75 Å². The Morgan fingerprint density at radius 1 is 1.54 bits per heavy atom. The lowest BCUT2D eigenvalue weighted by atomic mass is 10.0. The molecule has 0 amide bonds. The minimum Gasteiger partial charge on any atom is -0.494 e. The summed E-state index contributed by atoms with van der Waals surface area (Å²) in [4.78, 5) is 0. The van der Waals surface area contributed by atoms with Crippen molar-refractivity contribution < 1.29 is 4.74 Å². The van der Waals surface area contributed by atoms with Crippen LogP contribution in [0.5, 0.6) is 5.75 Å². The zero-order chi connectivity index (χ0) is 9.84. The van der Waals surface area contributed by atoms with Crippen LogP contribution in [0, 0.1) is 6.92 Å². The molecule has 0 heterocycles. The van der Waals surface area contributed by atoms with Gasteiger partial charge in [0.25, 0.3) is 0 Å². The molecule has 1 radical (unpaired) electrons. The van der Waals surface area contributed by atoms with E-state index in [1.165, 1.54) is 5.56 Å². The second-order valence-corrected chi connectivity index (χ2v) is 3.87. The molecule has 0 aliphatic rings. The summed E-state index contributed by atoms with van der Waals surface area (Å²) in [6, 6.07) is 5.99. The van der Waals surface area contributed by atoms with E-state index in [0.29, 0.717) is 6.61 Å². The molecule has 0 N–H and O–H groups in total. The Labute approximate surface area is 88.2 Å². The Kier molecular flexibility index (Phi) is 3.79. The van der Waals surface area contributed by atoms with Gasteiger partial charge in [-0.1, -0.05) is 22.9 Å². The lowest BCUT2D eigenvalue weighted by Crippen LogP contribution is -1.94. The van der Waals surface area contributed by atoms with Crippen LogP contribution in [0.2, 0.25) is 0 Å². The highest BCUT2D eigenvalue weighted by Gasteiger charge is 2.05. The molecular formula is C11H14BrO. The van der Waals surface area contributed by atoms with Crippen LogP contribution in [-0.2, 0) is 0 Å². The van der Waals surface area contributed by atoms with E-state index < -0.39 is 0 Å². The molecule has 1 unspecified atom stereocenters. The van der Waals surface area contributed by atoms with Crippen molar-refractivity contribution in [2.24, 2.45) is 0 Å². The highest BCUT2D eigenvalue weighted by Crippen LogP contribution is 2.28. The molecule has 0 saturated heterocycles. The normalized spacial score (nSPS) is 10.5. The predicted octanol–water partition coefficient (Wildman–Crippen LogP) is 3.79. The van der Waals surface area contributed by atoms with Crippen molar-refractivity contribution >= 4 is 15.9 Å². The number of halogens is 1. The molecule has 1 aromatic rings. The quantitative estimate of drug-likeness (QED) is 0.783. The highest BCUT2D eigenvalue weighted by atomic mass is 79.9. The third kappa shape index (κ3) is 2.73. The fourth-order valence-corrected chi connectivity index (χ4v) is 1.79. The van der Waals surface area contributed by atoms with Crippen molar-refractivity contribution in [1.82, 2.24) is 0 Å². The van der Waals surface area contributed by atoms with E-state index in [2.05, 4.69) is 29.8 Å². The maximum atomic E-state index is 5.40. The number of hydrogen-bond donors (Lipinski definition) is 0. The van der Waals surface area contributed by atoms with E-state index in [1.807, 2.05) is 25.1 Å². The van der Waals surface area contributed by atoms with E-state index in [-0.39, 0.29) is 5.92 Å². The second-order valence-electron chi connectivity index (χ2n) is 3.02. The van der Waals surface area contributed by atoms with Crippen LogP contribution in [0.25, 0.3) is 0 Å². The van der Waals surface area contributed by atoms with Gasteiger partial charge in [-0.15, -0.1) is 0 Å². The lowest BCUT2D eigenvalue weighted by Gasteiger charge is -2.10. The number of ether oxygens (including phenoxy) is 1. The summed E-state index contributed by atoms with van der Waals surface area (Å²) in [5, 5.41) is 0. The van der Waals surface area contributed by atoms with Gasteiger partial charge in [0.15, 0.2) is 0 Å². The van der Waals surface area contributed by atoms with E-state index in [0.717, 1.165) is 10.2 Å². The molecule has 71 valence electrons. The van der Waals surface area contributed by atoms with Crippen LogP contribution >= 0.6 is 15.9 Å². The SMILES string of the molecule is [CH2]C(C)c1cc(OCC)ccc1Br. The third-order valence-corrected chi connectivity index (χ3v) is 2.53. The summed E-state index contributed by atoms with van der Waals surface area (Å²) in [6.45, 7) is 8.73. The average molecular weight is 242 g/mol. The number of hydrogen-bond acceptors (Lipinski definition) is 1. The minimum atomic E-state index is 0.273. The molecule has 1 aromatic carbocycles. The van der Waals surface area contributed by atoms with E-state index in [4.69, 9.17) is 4.74 Å². The van der Waals surface area contributed by atoms with E-state index >= 15 is 0 Å². The molecule has 1 rings (SSSR count). The van der Waals surface area contributed by atoms with Crippen LogP contribution in [0.3, 0.4) is 0 Å². The average Bonchev–Trinajstić information content (AvgIpc) is 2.08. The van der Waals surface area contributed by atoms with Crippen molar-refractivity contribution in [3.05, 3.63) is 35.2 Å². The summed E-state index contributed by atoms with van der Waals surface area (Å²) in [6.07, 6.45) is 0. The van der Waals surface area contributed by atoms with E-state index in [1.54, 1.807) is 0 Å². The summed E-state index contributed by atoms with van der Waals surface area (Å²) in [5.41, 5.74) is 1.19. The molecule has 0 spiro atoms. The fourth-order valence-electron chi connectivity index (χ4n) is 1.16. The molecule has 0 aliphatic heterocycles. The van der Waals surface area contributed by atoms with Crippen LogP contribution in [0.1, 0.15) is 25.3 Å². The summed E-state index contributed by atoms with van der Waals surface area (Å²) < 4.78 is 6.50. The molecule has 1 atom stereocenters. The van der Waals surface area contributed by atoms with Crippen molar-refractivity contribution in [3.63, 3.8) is 0 Å². The predicted molar refractivity (Wildman–Crippen MR) is 59.1 cm³/mol. The van der Waals surface area contributed by atoms with Crippen LogP contribution in [-0.4, -0.2) is 6.61 Å². The molecule has 0 saturated carbocycles. The zero-order valence-corrected chi connectivity index (χ0v) is 9.60. The smallest absolute Gasteiger partial charge is 0.119 e. The van der Waals surface area contributed by atoms with Gasteiger partial charge in [-0.3, -0.25) is 0 Å². The first kappa shape index (κ1) is 10.6. The molecule has 0 fully saturated rings. The molecular weight excluding hydrogens is 228 g/mol. The second kappa shape index (κ2) is 4.66. The first-order valence-electron chi connectivity index (χ1n) is 4.40. The lowest BCUT2D eigenvalue weighted by molar-refractivity contribution is 0.339. The zero-order valence-electron chi connectivity index (χ0n) is 8.01. The Bertz CT molecular complexity index is 281. The third-order valence-electron chi connectivity index (χ3n) is 1.81. The summed E-state index contributed by atoms with van der Waals surface area (Å²) in [5.74, 6) is 1.19. The Balaban J connectivity index is 2.97. The van der Waals surface area contributed by atoms with Gasteiger partial charge in [-0.2, -0.15) is 0 Å². The van der Waals surface area contributed by atoms with Crippen molar-refractivity contribution in [3.8, 4) is 5.75 Å². The fraction of sp³-hybridized carbons (Fsp3) is 0.364.